The highest BCUT2D eigenvalue weighted by Gasteiger charge is 2.23. The molecule has 0 aromatic rings. The predicted molar refractivity (Wildman–Crippen MR) is 37.4 cm³/mol. The van der Waals surface area contributed by atoms with E-state index in [1.54, 1.807) is 0 Å². The molecule has 0 aliphatic carbocycles. The van der Waals surface area contributed by atoms with Gasteiger partial charge < -0.3 is 10.4 Å². The zero-order chi connectivity index (χ0) is 7.56. The number of piperidine rings is 1. The van der Waals surface area contributed by atoms with Crippen molar-refractivity contribution in [2.75, 3.05) is 6.61 Å². The molecule has 0 aromatic heterocycles. The summed E-state index contributed by atoms with van der Waals surface area (Å²) >= 11 is 0. The Hall–Kier alpha value is -0.570. The molecule has 0 bridgehead atoms. The van der Waals surface area contributed by atoms with Crippen LogP contribution in [-0.2, 0) is 4.79 Å². The molecular weight excluding hydrogens is 130 g/mol. The Morgan fingerprint density at radius 2 is 2.40 bits per heavy atom. The molecule has 0 radical (unpaired) electrons. The van der Waals surface area contributed by atoms with Gasteiger partial charge in [0.15, 0.2) is 0 Å². The van der Waals surface area contributed by atoms with Crippen molar-refractivity contribution in [2.45, 2.75) is 25.8 Å². The largest absolute Gasteiger partial charge is 0.394 e. The first-order chi connectivity index (χ1) is 4.74. The van der Waals surface area contributed by atoms with Crippen LogP contribution in [0.5, 0.6) is 0 Å². The fraction of sp³-hybridized carbons (Fsp3) is 0.857. The van der Waals surface area contributed by atoms with Crippen LogP contribution in [0.15, 0.2) is 0 Å². The van der Waals surface area contributed by atoms with Crippen molar-refractivity contribution in [1.29, 1.82) is 0 Å². The molecule has 0 saturated carbocycles. The number of carbonyl (C=O) groups excluding carboxylic acids is 1. The lowest BCUT2D eigenvalue weighted by Gasteiger charge is -2.25. The number of hydrogen-bond acceptors (Lipinski definition) is 2. The zero-order valence-electron chi connectivity index (χ0n) is 6.13. The Morgan fingerprint density at radius 3 is 2.90 bits per heavy atom. The van der Waals surface area contributed by atoms with Gasteiger partial charge in [-0.1, -0.05) is 6.92 Å². The van der Waals surface area contributed by atoms with Gasteiger partial charge in [-0.3, -0.25) is 4.79 Å². The molecule has 0 aromatic carbocycles. The van der Waals surface area contributed by atoms with Gasteiger partial charge in [0.25, 0.3) is 0 Å². The van der Waals surface area contributed by atoms with E-state index in [9.17, 15) is 4.79 Å². The highest BCUT2D eigenvalue weighted by molar-refractivity contribution is 5.79. The Balaban J connectivity index is 2.41. The van der Waals surface area contributed by atoms with Crippen LogP contribution >= 0.6 is 0 Å². The Labute approximate surface area is 60.4 Å². The van der Waals surface area contributed by atoms with Crippen LogP contribution in [0.1, 0.15) is 19.8 Å². The third-order valence-electron chi connectivity index (χ3n) is 1.96. The number of carbonyl (C=O) groups is 1. The minimum atomic E-state index is 0.00343. The van der Waals surface area contributed by atoms with Crippen molar-refractivity contribution >= 4 is 5.91 Å². The van der Waals surface area contributed by atoms with Crippen LogP contribution in [0.2, 0.25) is 0 Å². The Bertz CT molecular complexity index is 136. The second-order valence-electron chi connectivity index (χ2n) is 2.87. The summed E-state index contributed by atoms with van der Waals surface area (Å²) in [5.74, 6) is 0.202. The van der Waals surface area contributed by atoms with Crippen LogP contribution < -0.4 is 5.32 Å². The molecule has 1 aliphatic rings. The van der Waals surface area contributed by atoms with E-state index >= 15 is 0 Å². The molecule has 1 saturated heterocycles. The summed E-state index contributed by atoms with van der Waals surface area (Å²) in [6, 6.07) is 0.00343. The van der Waals surface area contributed by atoms with Crippen LogP contribution in [0.25, 0.3) is 0 Å². The number of amides is 1. The van der Waals surface area contributed by atoms with Crippen LogP contribution in [0.4, 0.5) is 0 Å². The normalized spacial score (nSPS) is 33.6. The summed E-state index contributed by atoms with van der Waals surface area (Å²) in [7, 11) is 0. The van der Waals surface area contributed by atoms with E-state index in [4.69, 9.17) is 5.11 Å². The molecule has 1 fully saturated rings. The zero-order valence-corrected chi connectivity index (χ0v) is 6.13. The summed E-state index contributed by atoms with van der Waals surface area (Å²) in [5, 5.41) is 11.4. The van der Waals surface area contributed by atoms with Crippen LogP contribution in [0.3, 0.4) is 0 Å². The van der Waals surface area contributed by atoms with Crippen molar-refractivity contribution in [1.82, 2.24) is 5.32 Å². The molecule has 3 heteroatoms. The molecule has 1 heterocycles. The van der Waals surface area contributed by atoms with Crippen molar-refractivity contribution < 1.29 is 9.90 Å². The summed E-state index contributed by atoms with van der Waals surface area (Å²) < 4.78 is 0. The molecule has 1 amide bonds. The molecular formula is C7H13NO2. The van der Waals surface area contributed by atoms with E-state index in [1.165, 1.54) is 0 Å². The summed E-state index contributed by atoms with van der Waals surface area (Å²) in [5.41, 5.74) is 0. The summed E-state index contributed by atoms with van der Waals surface area (Å²) in [6.07, 6.45) is 1.81. The number of nitrogens with one attached hydrogen (secondary N) is 1. The maximum absolute atomic E-state index is 10.9. The van der Waals surface area contributed by atoms with E-state index in [0.29, 0.717) is 0 Å². The van der Waals surface area contributed by atoms with Gasteiger partial charge in [-0.15, -0.1) is 0 Å². The van der Waals surface area contributed by atoms with Gasteiger partial charge >= 0.3 is 0 Å². The van der Waals surface area contributed by atoms with Gasteiger partial charge in [-0.2, -0.15) is 0 Å². The van der Waals surface area contributed by atoms with Gasteiger partial charge in [0.05, 0.1) is 12.6 Å². The minimum absolute atomic E-state index is 0.00343. The average molecular weight is 143 g/mol. The van der Waals surface area contributed by atoms with E-state index in [1.807, 2.05) is 6.92 Å². The van der Waals surface area contributed by atoms with Crippen molar-refractivity contribution in [3.63, 3.8) is 0 Å². The smallest absolute Gasteiger partial charge is 0.223 e. The highest BCUT2D eigenvalue weighted by Crippen LogP contribution is 2.13. The van der Waals surface area contributed by atoms with Crippen LogP contribution in [-0.4, -0.2) is 23.7 Å². The standard InChI is InChI=1S/C7H13NO2/c1-5-2-3-6(4-9)8-7(5)10/h5-6,9H,2-4H2,1H3,(H,8,10)/t5-,6+/m0/s1. The van der Waals surface area contributed by atoms with Gasteiger partial charge in [0.2, 0.25) is 5.91 Å². The predicted octanol–water partition coefficient (Wildman–Crippen LogP) is -0.107. The van der Waals surface area contributed by atoms with Gasteiger partial charge in [-0.25, -0.2) is 0 Å². The maximum Gasteiger partial charge on any atom is 0.223 e. The highest BCUT2D eigenvalue weighted by atomic mass is 16.3. The second kappa shape index (κ2) is 3.01. The lowest BCUT2D eigenvalue weighted by Crippen LogP contribution is -2.44. The first-order valence-corrected chi connectivity index (χ1v) is 3.65. The third-order valence-corrected chi connectivity index (χ3v) is 1.96. The van der Waals surface area contributed by atoms with Crippen molar-refractivity contribution in [2.24, 2.45) is 5.92 Å². The summed E-state index contributed by atoms with van der Waals surface area (Å²) in [4.78, 5) is 10.9. The van der Waals surface area contributed by atoms with E-state index in [-0.39, 0.29) is 24.5 Å². The van der Waals surface area contributed by atoms with E-state index in [0.717, 1.165) is 12.8 Å². The molecule has 10 heavy (non-hydrogen) atoms. The first-order valence-electron chi connectivity index (χ1n) is 3.65. The minimum Gasteiger partial charge on any atom is -0.394 e. The lowest BCUT2D eigenvalue weighted by atomic mass is 9.96. The fourth-order valence-corrected chi connectivity index (χ4v) is 1.13. The summed E-state index contributed by atoms with van der Waals surface area (Å²) in [6.45, 7) is 1.97. The quantitative estimate of drug-likeness (QED) is 0.538. The first kappa shape index (κ1) is 7.54. The molecule has 0 unspecified atom stereocenters. The number of aliphatic hydroxyl groups is 1. The van der Waals surface area contributed by atoms with E-state index < -0.39 is 0 Å². The average Bonchev–Trinajstić information content (AvgIpc) is 1.95. The molecule has 1 aliphatic heterocycles. The topological polar surface area (TPSA) is 49.3 Å². The molecule has 0 spiro atoms. The second-order valence-corrected chi connectivity index (χ2v) is 2.87. The number of hydrogen-bond donors (Lipinski definition) is 2. The van der Waals surface area contributed by atoms with Crippen molar-refractivity contribution in [3.8, 4) is 0 Å². The van der Waals surface area contributed by atoms with Gasteiger partial charge in [0.1, 0.15) is 0 Å². The molecule has 1 rings (SSSR count). The van der Waals surface area contributed by atoms with E-state index in [2.05, 4.69) is 5.32 Å². The molecule has 3 nitrogen and oxygen atoms in total. The Kier molecular flexibility index (Phi) is 2.27. The molecule has 58 valence electrons. The van der Waals surface area contributed by atoms with Gasteiger partial charge in [0, 0.05) is 5.92 Å². The fourth-order valence-electron chi connectivity index (χ4n) is 1.13. The van der Waals surface area contributed by atoms with Crippen molar-refractivity contribution in [3.05, 3.63) is 0 Å². The molecule has 2 atom stereocenters. The number of aliphatic hydroxyl groups excluding tert-OH is 1. The lowest BCUT2D eigenvalue weighted by molar-refractivity contribution is -0.127. The third kappa shape index (κ3) is 1.48. The maximum atomic E-state index is 10.9. The Morgan fingerprint density at radius 1 is 1.70 bits per heavy atom. The number of rotatable bonds is 1. The monoisotopic (exact) mass is 143 g/mol. The molecule has 2 N–H and O–H groups in total. The SMILES string of the molecule is C[C@H]1CC[C@H](CO)NC1=O. The van der Waals surface area contributed by atoms with Crippen LogP contribution in [0, 0.1) is 5.92 Å². The van der Waals surface area contributed by atoms with Gasteiger partial charge in [-0.05, 0) is 12.8 Å².